The molecule has 0 fully saturated rings. The average Bonchev–Trinajstić information content (AvgIpc) is 2.85. The molecule has 1 aromatic heterocycles. The summed E-state index contributed by atoms with van der Waals surface area (Å²) in [4.78, 5) is 12.0. The van der Waals surface area contributed by atoms with Crippen molar-refractivity contribution in [2.24, 2.45) is 7.05 Å². The summed E-state index contributed by atoms with van der Waals surface area (Å²) in [6.45, 7) is 4.61. The first-order chi connectivity index (χ1) is 11.5. The van der Waals surface area contributed by atoms with E-state index in [-0.39, 0.29) is 12.5 Å². The van der Waals surface area contributed by atoms with Crippen LogP contribution in [0.2, 0.25) is 0 Å². The van der Waals surface area contributed by atoms with Crippen molar-refractivity contribution in [1.82, 2.24) is 9.88 Å². The molecule has 0 saturated heterocycles. The Balaban J connectivity index is 1.56. The lowest BCUT2D eigenvalue weighted by atomic mass is 10.1. The molecule has 4 nitrogen and oxygen atoms in total. The molecule has 0 bridgehead atoms. The molecule has 3 aromatic rings. The van der Waals surface area contributed by atoms with Crippen LogP contribution < -0.4 is 10.1 Å². The van der Waals surface area contributed by atoms with Crippen LogP contribution in [0.3, 0.4) is 0 Å². The standard InChI is InChI=1S/C20H22N2O2/c1-14-5-4-6-18(9-14)24-13-20(23)21-12-16-7-8-19-17(11-16)10-15(2)22(19)3/h4-11H,12-13H2,1-3H3,(H,21,23). The van der Waals surface area contributed by atoms with E-state index in [0.29, 0.717) is 12.3 Å². The molecule has 0 unspecified atom stereocenters. The largest absolute Gasteiger partial charge is 0.484 e. The lowest BCUT2D eigenvalue weighted by molar-refractivity contribution is -0.123. The summed E-state index contributed by atoms with van der Waals surface area (Å²) in [6, 6.07) is 16.1. The van der Waals surface area contributed by atoms with Crippen molar-refractivity contribution in [3.8, 4) is 5.75 Å². The van der Waals surface area contributed by atoms with Crippen LogP contribution in [0.5, 0.6) is 5.75 Å². The van der Waals surface area contributed by atoms with Crippen molar-refractivity contribution in [3.63, 3.8) is 0 Å². The van der Waals surface area contributed by atoms with E-state index in [1.807, 2.05) is 37.3 Å². The molecule has 3 rings (SSSR count). The molecular formula is C20H22N2O2. The second-order valence-electron chi connectivity index (χ2n) is 6.12. The first-order valence-electron chi connectivity index (χ1n) is 8.04. The highest BCUT2D eigenvalue weighted by Crippen LogP contribution is 2.19. The SMILES string of the molecule is Cc1cccc(OCC(=O)NCc2ccc3c(c2)cc(C)n3C)c1. The number of benzene rings is 2. The highest BCUT2D eigenvalue weighted by atomic mass is 16.5. The second kappa shape index (κ2) is 6.79. The Kier molecular flexibility index (Phi) is 4.56. The fraction of sp³-hybridized carbons (Fsp3) is 0.250. The van der Waals surface area contributed by atoms with Gasteiger partial charge in [-0.05, 0) is 55.3 Å². The van der Waals surface area contributed by atoms with Gasteiger partial charge in [-0.2, -0.15) is 0 Å². The molecule has 0 aliphatic heterocycles. The first-order valence-corrected chi connectivity index (χ1v) is 8.04. The van der Waals surface area contributed by atoms with Crippen molar-refractivity contribution in [2.45, 2.75) is 20.4 Å². The smallest absolute Gasteiger partial charge is 0.258 e. The molecule has 2 aromatic carbocycles. The maximum atomic E-state index is 12.0. The van der Waals surface area contributed by atoms with E-state index in [1.165, 1.54) is 16.6 Å². The fourth-order valence-electron chi connectivity index (χ4n) is 2.75. The predicted molar refractivity (Wildman–Crippen MR) is 96.2 cm³/mol. The molecule has 124 valence electrons. The molecule has 0 radical (unpaired) electrons. The number of fused-ring (bicyclic) bond motifs is 1. The minimum atomic E-state index is -0.124. The monoisotopic (exact) mass is 322 g/mol. The topological polar surface area (TPSA) is 43.3 Å². The summed E-state index contributed by atoms with van der Waals surface area (Å²) in [5, 5.41) is 4.09. The summed E-state index contributed by atoms with van der Waals surface area (Å²) in [5.74, 6) is 0.590. The summed E-state index contributed by atoms with van der Waals surface area (Å²) in [7, 11) is 2.06. The van der Waals surface area contributed by atoms with E-state index in [4.69, 9.17) is 4.74 Å². The molecule has 24 heavy (non-hydrogen) atoms. The molecule has 0 aliphatic carbocycles. The van der Waals surface area contributed by atoms with E-state index < -0.39 is 0 Å². The quantitative estimate of drug-likeness (QED) is 0.781. The second-order valence-corrected chi connectivity index (χ2v) is 6.12. The Morgan fingerprint density at radius 1 is 1.12 bits per heavy atom. The van der Waals surface area contributed by atoms with Crippen molar-refractivity contribution in [2.75, 3.05) is 6.61 Å². The van der Waals surface area contributed by atoms with Gasteiger partial charge in [0.05, 0.1) is 0 Å². The van der Waals surface area contributed by atoms with Gasteiger partial charge in [0.2, 0.25) is 0 Å². The van der Waals surface area contributed by atoms with Gasteiger partial charge >= 0.3 is 0 Å². The van der Waals surface area contributed by atoms with Gasteiger partial charge in [0.1, 0.15) is 5.75 Å². The average molecular weight is 322 g/mol. The number of nitrogens with one attached hydrogen (secondary N) is 1. The molecule has 0 atom stereocenters. The zero-order valence-electron chi connectivity index (χ0n) is 14.3. The molecule has 0 saturated carbocycles. The van der Waals surface area contributed by atoms with E-state index in [9.17, 15) is 4.79 Å². The minimum absolute atomic E-state index is 0.0240. The van der Waals surface area contributed by atoms with Gasteiger partial charge in [0.15, 0.2) is 6.61 Å². The zero-order valence-corrected chi connectivity index (χ0v) is 14.3. The third kappa shape index (κ3) is 3.59. The molecule has 1 heterocycles. The number of aryl methyl sites for hydroxylation is 3. The Hall–Kier alpha value is -2.75. The Labute approximate surface area is 142 Å². The first kappa shape index (κ1) is 16.1. The number of aromatic nitrogens is 1. The van der Waals surface area contributed by atoms with Gasteiger partial charge in [-0.15, -0.1) is 0 Å². The van der Waals surface area contributed by atoms with Crippen LogP contribution in [0.1, 0.15) is 16.8 Å². The van der Waals surface area contributed by atoms with Crippen molar-refractivity contribution in [3.05, 3.63) is 65.4 Å². The highest BCUT2D eigenvalue weighted by molar-refractivity contribution is 5.82. The number of ether oxygens (including phenoxy) is 1. The summed E-state index contributed by atoms with van der Waals surface area (Å²) in [5.41, 5.74) is 4.61. The zero-order chi connectivity index (χ0) is 17.1. The van der Waals surface area contributed by atoms with E-state index in [2.05, 4.69) is 42.1 Å². The highest BCUT2D eigenvalue weighted by Gasteiger charge is 2.06. The van der Waals surface area contributed by atoms with E-state index in [1.54, 1.807) is 0 Å². The van der Waals surface area contributed by atoms with Gasteiger partial charge < -0.3 is 14.6 Å². The van der Waals surface area contributed by atoms with Crippen LogP contribution in [0, 0.1) is 13.8 Å². The summed E-state index contributed by atoms with van der Waals surface area (Å²) < 4.78 is 7.67. The number of carbonyl (C=O) groups excluding carboxylic acids is 1. The molecular weight excluding hydrogens is 300 g/mol. The fourth-order valence-corrected chi connectivity index (χ4v) is 2.75. The lowest BCUT2D eigenvalue weighted by Crippen LogP contribution is -2.28. The number of hydrogen-bond acceptors (Lipinski definition) is 2. The van der Waals surface area contributed by atoms with Crippen LogP contribution in [-0.2, 0) is 18.4 Å². The van der Waals surface area contributed by atoms with Gasteiger partial charge in [0, 0.05) is 30.2 Å². The third-order valence-corrected chi connectivity index (χ3v) is 4.20. The van der Waals surface area contributed by atoms with Crippen molar-refractivity contribution < 1.29 is 9.53 Å². The van der Waals surface area contributed by atoms with Gasteiger partial charge in [-0.1, -0.05) is 18.2 Å². The Bertz CT molecular complexity index is 880. The lowest BCUT2D eigenvalue weighted by Gasteiger charge is -2.08. The van der Waals surface area contributed by atoms with Gasteiger partial charge in [-0.25, -0.2) is 0 Å². The molecule has 0 spiro atoms. The van der Waals surface area contributed by atoms with Crippen molar-refractivity contribution in [1.29, 1.82) is 0 Å². The minimum Gasteiger partial charge on any atom is -0.484 e. The Morgan fingerprint density at radius 2 is 1.96 bits per heavy atom. The predicted octanol–water partition coefficient (Wildman–Crippen LogP) is 3.49. The maximum Gasteiger partial charge on any atom is 0.258 e. The van der Waals surface area contributed by atoms with Gasteiger partial charge in [-0.3, -0.25) is 4.79 Å². The molecule has 0 aliphatic rings. The van der Waals surface area contributed by atoms with E-state index >= 15 is 0 Å². The number of amides is 1. The maximum absolute atomic E-state index is 12.0. The number of hydrogen-bond donors (Lipinski definition) is 1. The summed E-state index contributed by atoms with van der Waals surface area (Å²) in [6.07, 6.45) is 0. The van der Waals surface area contributed by atoms with Crippen LogP contribution >= 0.6 is 0 Å². The number of carbonyl (C=O) groups is 1. The van der Waals surface area contributed by atoms with Crippen LogP contribution in [-0.4, -0.2) is 17.1 Å². The van der Waals surface area contributed by atoms with E-state index in [0.717, 1.165) is 11.1 Å². The molecule has 1 amide bonds. The normalized spacial score (nSPS) is 10.8. The summed E-state index contributed by atoms with van der Waals surface area (Å²) >= 11 is 0. The number of nitrogens with zero attached hydrogens (tertiary/aromatic N) is 1. The van der Waals surface area contributed by atoms with Gasteiger partial charge in [0.25, 0.3) is 5.91 Å². The number of rotatable bonds is 5. The van der Waals surface area contributed by atoms with Crippen LogP contribution in [0.25, 0.3) is 10.9 Å². The van der Waals surface area contributed by atoms with Crippen LogP contribution in [0.15, 0.2) is 48.5 Å². The molecule has 4 heteroatoms. The molecule has 1 N–H and O–H groups in total. The third-order valence-electron chi connectivity index (χ3n) is 4.20. The van der Waals surface area contributed by atoms with Crippen molar-refractivity contribution >= 4 is 16.8 Å². The Morgan fingerprint density at radius 3 is 2.75 bits per heavy atom. The van der Waals surface area contributed by atoms with Crippen LogP contribution in [0.4, 0.5) is 0 Å².